The van der Waals surface area contributed by atoms with Crippen LogP contribution in [0.25, 0.3) is 0 Å². The maximum atomic E-state index is 12.3. The minimum atomic E-state index is -2.95. The van der Waals surface area contributed by atoms with Gasteiger partial charge in [0.25, 0.3) is 0 Å². The van der Waals surface area contributed by atoms with Gasteiger partial charge in [0.05, 0.1) is 23.1 Å². The Bertz CT molecular complexity index is 341. The maximum Gasteiger partial charge on any atom is 0.155 e. The first kappa shape index (κ1) is 13.3. The quantitative estimate of drug-likeness (QED) is 0.827. The van der Waals surface area contributed by atoms with Crippen molar-refractivity contribution < 1.29 is 13.2 Å². The molecule has 0 aromatic rings. The Morgan fingerprint density at radius 2 is 2.12 bits per heavy atom. The van der Waals surface area contributed by atoms with E-state index in [1.54, 1.807) is 7.11 Å². The number of nitrogens with one attached hydrogen (secondary N) is 1. The molecule has 2 heterocycles. The monoisotopic (exact) mass is 261 g/mol. The highest BCUT2D eigenvalue weighted by molar-refractivity contribution is 7.92. The summed E-state index contributed by atoms with van der Waals surface area (Å²) in [5.74, 6) is 0.352. The molecule has 0 bridgehead atoms. The zero-order chi connectivity index (χ0) is 12.4. The van der Waals surface area contributed by atoms with E-state index in [4.69, 9.17) is 4.74 Å². The fourth-order valence-electron chi connectivity index (χ4n) is 3.31. The summed E-state index contributed by atoms with van der Waals surface area (Å²) < 4.78 is 29.8. The molecule has 0 saturated carbocycles. The summed E-state index contributed by atoms with van der Waals surface area (Å²) in [4.78, 5) is 0. The summed E-state index contributed by atoms with van der Waals surface area (Å²) in [7, 11) is -1.29. The number of piperidine rings is 1. The molecular formula is C12H23NO3S. The van der Waals surface area contributed by atoms with E-state index in [2.05, 4.69) is 5.32 Å². The van der Waals surface area contributed by atoms with Gasteiger partial charge in [-0.05, 0) is 32.2 Å². The van der Waals surface area contributed by atoms with Crippen LogP contribution in [-0.2, 0) is 14.6 Å². The van der Waals surface area contributed by atoms with Gasteiger partial charge in [-0.25, -0.2) is 8.42 Å². The Morgan fingerprint density at radius 3 is 2.71 bits per heavy atom. The van der Waals surface area contributed by atoms with Gasteiger partial charge >= 0.3 is 0 Å². The van der Waals surface area contributed by atoms with E-state index in [0.29, 0.717) is 12.4 Å². The molecule has 1 N–H and O–H groups in total. The zero-order valence-corrected chi connectivity index (χ0v) is 11.4. The molecule has 2 aliphatic heterocycles. The largest absolute Gasteiger partial charge is 0.383 e. The summed E-state index contributed by atoms with van der Waals surface area (Å²) in [5.41, 5.74) is -0.327. The lowest BCUT2D eigenvalue weighted by atomic mass is 9.84. The number of rotatable bonds is 3. The summed E-state index contributed by atoms with van der Waals surface area (Å²) in [6.07, 6.45) is 5.79. The van der Waals surface area contributed by atoms with Gasteiger partial charge in [0.15, 0.2) is 9.84 Å². The molecule has 4 nitrogen and oxygen atoms in total. The van der Waals surface area contributed by atoms with Gasteiger partial charge in [-0.2, -0.15) is 0 Å². The van der Waals surface area contributed by atoms with Gasteiger partial charge in [-0.3, -0.25) is 0 Å². The number of sulfone groups is 1. The lowest BCUT2D eigenvalue weighted by molar-refractivity contribution is 0.0828. The van der Waals surface area contributed by atoms with E-state index < -0.39 is 9.84 Å². The maximum absolute atomic E-state index is 12.3. The van der Waals surface area contributed by atoms with Gasteiger partial charge in [-0.1, -0.05) is 12.8 Å². The van der Waals surface area contributed by atoms with E-state index in [1.807, 2.05) is 0 Å². The van der Waals surface area contributed by atoms with Gasteiger partial charge in [0.2, 0.25) is 0 Å². The van der Waals surface area contributed by atoms with Gasteiger partial charge in [-0.15, -0.1) is 0 Å². The molecule has 0 amide bonds. The number of hydrogen-bond acceptors (Lipinski definition) is 4. The molecular weight excluding hydrogens is 238 g/mol. The molecule has 2 saturated heterocycles. The van der Waals surface area contributed by atoms with Gasteiger partial charge in [0, 0.05) is 7.11 Å². The van der Waals surface area contributed by atoms with Crippen LogP contribution in [0.1, 0.15) is 38.5 Å². The van der Waals surface area contributed by atoms with Crippen molar-refractivity contribution in [2.45, 2.75) is 49.3 Å². The highest BCUT2D eigenvalue weighted by atomic mass is 32.2. The van der Waals surface area contributed by atoms with E-state index in [-0.39, 0.29) is 10.8 Å². The lowest BCUT2D eigenvalue weighted by Gasteiger charge is -2.44. The summed E-state index contributed by atoms with van der Waals surface area (Å²) in [6, 6.07) is 0. The van der Waals surface area contributed by atoms with Gasteiger partial charge in [0.1, 0.15) is 0 Å². The molecule has 2 aliphatic rings. The molecule has 0 aromatic carbocycles. The molecule has 0 aromatic heterocycles. The molecule has 5 heteroatoms. The fraction of sp³-hybridized carbons (Fsp3) is 1.00. The van der Waals surface area contributed by atoms with Crippen molar-refractivity contribution >= 4 is 9.84 Å². The normalized spacial score (nSPS) is 37.8. The zero-order valence-electron chi connectivity index (χ0n) is 10.6. The second-order valence-corrected chi connectivity index (χ2v) is 7.63. The predicted octanol–water partition coefficient (Wildman–Crippen LogP) is 1.11. The predicted molar refractivity (Wildman–Crippen MR) is 67.9 cm³/mol. The number of methoxy groups -OCH3 is 1. The second-order valence-electron chi connectivity index (χ2n) is 5.32. The topological polar surface area (TPSA) is 55.4 Å². The third-order valence-corrected chi connectivity index (χ3v) is 6.54. The van der Waals surface area contributed by atoms with Crippen LogP contribution in [0.5, 0.6) is 0 Å². The van der Waals surface area contributed by atoms with E-state index in [9.17, 15) is 8.42 Å². The Balaban J connectivity index is 2.25. The first-order valence-electron chi connectivity index (χ1n) is 6.56. The third kappa shape index (κ3) is 2.66. The molecule has 2 atom stereocenters. The number of ether oxygens (including phenoxy) is 1. The van der Waals surface area contributed by atoms with Crippen LogP contribution in [0, 0.1) is 0 Å². The van der Waals surface area contributed by atoms with Crippen LogP contribution in [0.2, 0.25) is 0 Å². The standard InChI is InChI=1S/C12H23NO3S/c1-16-10-12(7-3-4-8-13-12)11-6-2-5-9-17(11,14)15/h11,13H,2-10H2,1H3. The van der Waals surface area contributed by atoms with Crippen LogP contribution in [0.3, 0.4) is 0 Å². The fourth-order valence-corrected chi connectivity index (χ4v) is 5.69. The molecule has 17 heavy (non-hydrogen) atoms. The van der Waals surface area contributed by atoms with Crippen molar-refractivity contribution in [3.05, 3.63) is 0 Å². The summed E-state index contributed by atoms with van der Waals surface area (Å²) in [5, 5.41) is 3.21. The minimum absolute atomic E-state index is 0.246. The van der Waals surface area contributed by atoms with Crippen molar-refractivity contribution in [1.29, 1.82) is 0 Å². The summed E-state index contributed by atoms with van der Waals surface area (Å²) >= 11 is 0. The Kier molecular flexibility index (Phi) is 4.10. The second kappa shape index (κ2) is 5.24. The smallest absolute Gasteiger partial charge is 0.155 e. The Labute approximate surface area is 104 Å². The average Bonchev–Trinajstić information content (AvgIpc) is 2.30. The molecule has 2 fully saturated rings. The molecule has 0 aliphatic carbocycles. The van der Waals surface area contributed by atoms with Crippen molar-refractivity contribution in [2.24, 2.45) is 0 Å². The molecule has 2 rings (SSSR count). The van der Waals surface area contributed by atoms with Crippen molar-refractivity contribution in [3.63, 3.8) is 0 Å². The SMILES string of the molecule is COCC1(C2CCCCS2(=O)=O)CCCCN1. The lowest BCUT2D eigenvalue weighted by Crippen LogP contribution is -2.63. The van der Waals surface area contributed by atoms with Crippen LogP contribution < -0.4 is 5.32 Å². The van der Waals surface area contributed by atoms with Crippen LogP contribution in [0.4, 0.5) is 0 Å². The van der Waals surface area contributed by atoms with Crippen molar-refractivity contribution in [1.82, 2.24) is 5.32 Å². The highest BCUT2D eigenvalue weighted by Crippen LogP contribution is 2.34. The average molecular weight is 261 g/mol. The van der Waals surface area contributed by atoms with Crippen molar-refractivity contribution in [3.8, 4) is 0 Å². The first-order valence-corrected chi connectivity index (χ1v) is 8.28. The van der Waals surface area contributed by atoms with E-state index in [0.717, 1.165) is 45.1 Å². The summed E-state index contributed by atoms with van der Waals surface area (Å²) in [6.45, 7) is 1.42. The molecule has 100 valence electrons. The Hall–Kier alpha value is -0.130. The number of hydrogen-bond donors (Lipinski definition) is 1. The molecule has 0 radical (unpaired) electrons. The van der Waals surface area contributed by atoms with Crippen LogP contribution in [-0.4, -0.2) is 45.2 Å². The van der Waals surface area contributed by atoms with Gasteiger partial charge < -0.3 is 10.1 Å². The van der Waals surface area contributed by atoms with Crippen molar-refractivity contribution in [2.75, 3.05) is 26.0 Å². The van der Waals surface area contributed by atoms with Crippen LogP contribution >= 0.6 is 0 Å². The minimum Gasteiger partial charge on any atom is -0.383 e. The molecule has 0 spiro atoms. The Morgan fingerprint density at radius 1 is 1.29 bits per heavy atom. The van der Waals surface area contributed by atoms with E-state index in [1.165, 1.54) is 0 Å². The third-order valence-electron chi connectivity index (χ3n) is 4.12. The first-order chi connectivity index (χ1) is 8.11. The van der Waals surface area contributed by atoms with E-state index >= 15 is 0 Å². The highest BCUT2D eigenvalue weighted by Gasteiger charge is 2.47. The molecule has 2 unspecified atom stereocenters. The van der Waals surface area contributed by atoms with Crippen LogP contribution in [0.15, 0.2) is 0 Å².